The van der Waals surface area contributed by atoms with Crippen molar-refractivity contribution in [3.8, 4) is 0 Å². The van der Waals surface area contributed by atoms with Crippen LogP contribution in [0.15, 0.2) is 11.6 Å². The molecule has 0 radical (unpaired) electrons. The number of hydrogen-bond acceptors (Lipinski definition) is 1. The lowest BCUT2D eigenvalue weighted by molar-refractivity contribution is -0.131. The van der Waals surface area contributed by atoms with Crippen LogP contribution in [0.3, 0.4) is 0 Å². The fourth-order valence-corrected chi connectivity index (χ4v) is 5.22. The number of Topliss-reactive ketones (excluding diaryl/α,β-unsaturated/α-hetero) is 1. The Balaban J connectivity index is 2.21. The van der Waals surface area contributed by atoms with Crippen LogP contribution in [0.5, 0.6) is 0 Å². The van der Waals surface area contributed by atoms with Crippen molar-refractivity contribution < 1.29 is 4.79 Å². The summed E-state index contributed by atoms with van der Waals surface area (Å²) in [5.74, 6) is 2.02. The molecule has 3 aliphatic carbocycles. The second-order valence-electron chi connectivity index (χ2n) is 6.84. The highest BCUT2D eigenvalue weighted by atomic mass is 16.1. The van der Waals surface area contributed by atoms with Gasteiger partial charge in [0.1, 0.15) is 5.78 Å². The van der Waals surface area contributed by atoms with Gasteiger partial charge in [-0.05, 0) is 43.4 Å². The minimum absolute atomic E-state index is 0.0215. The van der Waals surface area contributed by atoms with E-state index in [2.05, 4.69) is 33.8 Å². The summed E-state index contributed by atoms with van der Waals surface area (Å²) in [6.45, 7) is 9.10. The predicted molar refractivity (Wildman–Crippen MR) is 65.0 cm³/mol. The first kappa shape index (κ1) is 10.6. The number of allylic oxidation sites excluding steroid dienone is 2. The van der Waals surface area contributed by atoms with Crippen molar-refractivity contribution >= 4 is 5.78 Å². The van der Waals surface area contributed by atoms with Gasteiger partial charge < -0.3 is 0 Å². The van der Waals surface area contributed by atoms with E-state index in [1.54, 1.807) is 0 Å². The van der Waals surface area contributed by atoms with E-state index in [4.69, 9.17) is 0 Å². The van der Waals surface area contributed by atoms with Gasteiger partial charge in [0.25, 0.3) is 0 Å². The van der Waals surface area contributed by atoms with Gasteiger partial charge in [0.05, 0.1) is 0 Å². The Hall–Kier alpha value is -0.590. The quantitative estimate of drug-likeness (QED) is 0.568. The van der Waals surface area contributed by atoms with Crippen molar-refractivity contribution in [3.63, 3.8) is 0 Å². The van der Waals surface area contributed by atoms with E-state index in [1.807, 2.05) is 0 Å². The molecule has 0 aromatic rings. The molecule has 0 unspecified atom stereocenters. The van der Waals surface area contributed by atoms with Gasteiger partial charge in [0.15, 0.2) is 0 Å². The number of fused-ring (bicyclic) bond motifs is 1. The topological polar surface area (TPSA) is 17.1 Å². The van der Waals surface area contributed by atoms with Crippen molar-refractivity contribution in [2.45, 2.75) is 47.0 Å². The van der Waals surface area contributed by atoms with E-state index in [9.17, 15) is 4.79 Å². The summed E-state index contributed by atoms with van der Waals surface area (Å²) < 4.78 is 0. The van der Waals surface area contributed by atoms with Crippen molar-refractivity contribution in [2.75, 3.05) is 0 Å². The first-order chi connectivity index (χ1) is 7.42. The molecule has 1 spiro atoms. The summed E-state index contributed by atoms with van der Waals surface area (Å²) in [4.78, 5) is 12.8. The first-order valence-corrected chi connectivity index (χ1v) is 6.63. The Kier molecular flexibility index (Phi) is 1.85. The van der Waals surface area contributed by atoms with E-state index >= 15 is 0 Å². The molecule has 4 atom stereocenters. The highest BCUT2D eigenvalue weighted by Gasteiger charge is 2.68. The van der Waals surface area contributed by atoms with E-state index in [-0.39, 0.29) is 16.7 Å². The molecule has 3 rings (SSSR count). The third-order valence-corrected chi connectivity index (χ3v) is 5.97. The molecular formula is C15H22O. The molecule has 2 fully saturated rings. The average molecular weight is 218 g/mol. The van der Waals surface area contributed by atoms with Crippen molar-refractivity contribution in [3.05, 3.63) is 11.6 Å². The normalized spacial score (nSPS) is 49.1. The monoisotopic (exact) mass is 218 g/mol. The molecule has 0 aromatic carbocycles. The number of ketones is 1. The Morgan fingerprint density at radius 1 is 1.31 bits per heavy atom. The maximum atomic E-state index is 12.8. The van der Waals surface area contributed by atoms with Gasteiger partial charge in [-0.2, -0.15) is 0 Å². The van der Waals surface area contributed by atoms with Gasteiger partial charge >= 0.3 is 0 Å². The zero-order valence-corrected chi connectivity index (χ0v) is 10.8. The summed E-state index contributed by atoms with van der Waals surface area (Å²) >= 11 is 0. The van der Waals surface area contributed by atoms with Gasteiger partial charge in [0, 0.05) is 11.3 Å². The van der Waals surface area contributed by atoms with Crippen LogP contribution in [-0.4, -0.2) is 5.78 Å². The highest BCUT2D eigenvalue weighted by molar-refractivity contribution is 5.95. The Bertz CT molecular complexity index is 390. The molecule has 2 saturated carbocycles. The van der Waals surface area contributed by atoms with Crippen LogP contribution >= 0.6 is 0 Å². The van der Waals surface area contributed by atoms with Crippen LogP contribution in [0.4, 0.5) is 0 Å². The predicted octanol–water partition coefficient (Wildman–Crippen LogP) is 3.59. The third kappa shape index (κ3) is 0.881. The summed E-state index contributed by atoms with van der Waals surface area (Å²) in [7, 11) is 0. The molecule has 2 bridgehead atoms. The molecule has 0 amide bonds. The fourth-order valence-electron chi connectivity index (χ4n) is 5.22. The van der Waals surface area contributed by atoms with E-state index in [0.29, 0.717) is 17.6 Å². The molecule has 0 saturated heterocycles. The van der Waals surface area contributed by atoms with Crippen molar-refractivity contribution in [1.29, 1.82) is 0 Å². The van der Waals surface area contributed by atoms with E-state index in [1.165, 1.54) is 18.4 Å². The van der Waals surface area contributed by atoms with Crippen LogP contribution in [0.25, 0.3) is 0 Å². The zero-order valence-electron chi connectivity index (χ0n) is 10.8. The van der Waals surface area contributed by atoms with Crippen molar-refractivity contribution in [2.24, 2.45) is 28.6 Å². The van der Waals surface area contributed by atoms with Crippen LogP contribution in [0.1, 0.15) is 47.0 Å². The molecule has 0 N–H and O–H groups in total. The average Bonchev–Trinajstić information content (AvgIpc) is 2.56. The lowest BCUT2D eigenvalue weighted by atomic mass is 9.67. The molecule has 1 nitrogen and oxygen atoms in total. The third-order valence-electron chi connectivity index (χ3n) is 5.97. The molecular weight excluding hydrogens is 196 g/mol. The van der Waals surface area contributed by atoms with Gasteiger partial charge in [-0.15, -0.1) is 0 Å². The molecule has 0 heterocycles. The number of carbonyl (C=O) groups excluding carboxylic acids is 1. The van der Waals surface area contributed by atoms with Gasteiger partial charge in [-0.3, -0.25) is 4.79 Å². The van der Waals surface area contributed by atoms with Gasteiger partial charge in [-0.1, -0.05) is 32.4 Å². The number of rotatable bonds is 0. The van der Waals surface area contributed by atoms with E-state index in [0.717, 1.165) is 6.42 Å². The Morgan fingerprint density at radius 3 is 2.69 bits per heavy atom. The van der Waals surface area contributed by atoms with Crippen LogP contribution in [0, 0.1) is 28.6 Å². The fraction of sp³-hybridized carbons (Fsp3) is 0.800. The zero-order chi connectivity index (χ0) is 11.7. The number of carbonyl (C=O) groups is 1. The van der Waals surface area contributed by atoms with E-state index < -0.39 is 0 Å². The van der Waals surface area contributed by atoms with Crippen LogP contribution in [0.2, 0.25) is 0 Å². The molecule has 0 aliphatic heterocycles. The summed E-state index contributed by atoms with van der Waals surface area (Å²) in [5, 5.41) is 0. The standard InChI is InChI=1S/C15H22O/c1-9-7-8-15-10(2)5-6-11(15)14(3,4)12(9)13(15)16/h7,10-12H,5-6,8H2,1-4H3/t10-,11+,12-,15+/m1/s1. The first-order valence-electron chi connectivity index (χ1n) is 6.63. The molecule has 0 aromatic heterocycles. The second kappa shape index (κ2) is 2.80. The SMILES string of the molecule is CC1=CC[C@@]23C(=O)[C@@H]1C(C)(C)[C@@H]2CC[C@H]3C. The van der Waals surface area contributed by atoms with Gasteiger partial charge in [-0.25, -0.2) is 0 Å². The number of hydrogen-bond donors (Lipinski definition) is 0. The molecule has 16 heavy (non-hydrogen) atoms. The summed E-state index contributed by atoms with van der Waals surface area (Å²) in [6, 6.07) is 0. The Morgan fingerprint density at radius 2 is 2.00 bits per heavy atom. The highest BCUT2D eigenvalue weighted by Crippen LogP contribution is 2.69. The lowest BCUT2D eigenvalue weighted by Crippen LogP contribution is -2.37. The minimum atomic E-state index is 0.0215. The molecule has 1 heteroatoms. The second-order valence-corrected chi connectivity index (χ2v) is 6.84. The molecule has 88 valence electrons. The Labute approximate surface area is 98.3 Å². The van der Waals surface area contributed by atoms with Crippen LogP contribution in [-0.2, 0) is 4.79 Å². The van der Waals surface area contributed by atoms with Crippen molar-refractivity contribution in [1.82, 2.24) is 0 Å². The smallest absolute Gasteiger partial charge is 0.147 e. The molecule has 3 aliphatic rings. The maximum Gasteiger partial charge on any atom is 0.147 e. The largest absolute Gasteiger partial charge is 0.298 e. The van der Waals surface area contributed by atoms with Gasteiger partial charge in [0.2, 0.25) is 0 Å². The van der Waals surface area contributed by atoms with Crippen LogP contribution < -0.4 is 0 Å². The minimum Gasteiger partial charge on any atom is -0.298 e. The summed E-state index contributed by atoms with van der Waals surface area (Å²) in [5.41, 5.74) is 1.55. The summed E-state index contributed by atoms with van der Waals surface area (Å²) in [6.07, 6.45) is 5.88. The maximum absolute atomic E-state index is 12.8. The lowest BCUT2D eigenvalue weighted by Gasteiger charge is -2.34.